The van der Waals surface area contributed by atoms with Gasteiger partial charge in [-0.2, -0.15) is 0 Å². The first-order valence-electron chi connectivity index (χ1n) is 11.3. The molecule has 1 atom stereocenters. The summed E-state index contributed by atoms with van der Waals surface area (Å²) in [7, 11) is 0. The summed E-state index contributed by atoms with van der Waals surface area (Å²) in [4.78, 5) is 28.4. The van der Waals surface area contributed by atoms with E-state index in [1.165, 1.54) is 0 Å². The van der Waals surface area contributed by atoms with Gasteiger partial charge >= 0.3 is 0 Å². The Bertz CT molecular complexity index is 1140. The van der Waals surface area contributed by atoms with Gasteiger partial charge in [-0.05, 0) is 57.7 Å². The smallest absolute Gasteiger partial charge is 0.261 e. The van der Waals surface area contributed by atoms with E-state index >= 15 is 0 Å². The van der Waals surface area contributed by atoms with Gasteiger partial charge in [0, 0.05) is 29.6 Å². The van der Waals surface area contributed by atoms with Gasteiger partial charge in [0.25, 0.3) is 5.91 Å². The van der Waals surface area contributed by atoms with Crippen molar-refractivity contribution in [3.8, 4) is 5.75 Å². The Balaban J connectivity index is 1.91. The van der Waals surface area contributed by atoms with Crippen LogP contribution in [0, 0.1) is 0 Å². The van der Waals surface area contributed by atoms with Crippen molar-refractivity contribution >= 4 is 50.9 Å². The molecular weight excluding hydrogens is 551 g/mol. The van der Waals surface area contributed by atoms with Crippen LogP contribution in [0.1, 0.15) is 24.5 Å². The molecule has 0 bridgehead atoms. The summed E-state index contributed by atoms with van der Waals surface area (Å²) in [5, 5.41) is 4.02. The van der Waals surface area contributed by atoms with Crippen LogP contribution in [0.2, 0.25) is 10.0 Å². The lowest BCUT2D eigenvalue weighted by atomic mass is 10.0. The van der Waals surface area contributed by atoms with Crippen LogP contribution in [-0.4, -0.2) is 35.9 Å². The van der Waals surface area contributed by atoms with E-state index in [2.05, 4.69) is 21.2 Å². The molecule has 0 saturated heterocycles. The molecule has 0 aliphatic heterocycles. The van der Waals surface area contributed by atoms with Gasteiger partial charge in [-0.3, -0.25) is 9.59 Å². The first-order chi connectivity index (χ1) is 16.9. The van der Waals surface area contributed by atoms with E-state index in [1.54, 1.807) is 29.2 Å². The lowest BCUT2D eigenvalue weighted by molar-refractivity contribution is -0.142. The monoisotopic (exact) mass is 576 g/mol. The Kier molecular flexibility index (Phi) is 10.5. The van der Waals surface area contributed by atoms with Crippen molar-refractivity contribution < 1.29 is 14.3 Å². The van der Waals surface area contributed by atoms with Crippen molar-refractivity contribution in [2.75, 3.05) is 13.2 Å². The molecule has 0 radical (unpaired) electrons. The molecule has 0 aliphatic rings. The van der Waals surface area contributed by atoms with Crippen LogP contribution in [-0.2, 0) is 22.6 Å². The van der Waals surface area contributed by atoms with Gasteiger partial charge in [-0.15, -0.1) is 0 Å². The molecule has 3 aromatic rings. The number of rotatable bonds is 11. The Labute approximate surface area is 224 Å². The number of hydrogen-bond donors (Lipinski definition) is 1. The predicted molar refractivity (Wildman–Crippen MR) is 144 cm³/mol. The van der Waals surface area contributed by atoms with Crippen molar-refractivity contribution in [1.29, 1.82) is 0 Å². The number of nitrogens with zero attached hydrogens (tertiary/aromatic N) is 1. The Morgan fingerprint density at radius 3 is 2.43 bits per heavy atom. The third-order valence-electron chi connectivity index (χ3n) is 5.36. The van der Waals surface area contributed by atoms with Crippen LogP contribution in [0.3, 0.4) is 0 Å². The summed E-state index contributed by atoms with van der Waals surface area (Å²) in [5.41, 5.74) is 1.69. The molecule has 3 aromatic carbocycles. The average molecular weight is 578 g/mol. The Morgan fingerprint density at radius 2 is 1.74 bits per heavy atom. The second-order valence-electron chi connectivity index (χ2n) is 7.97. The molecule has 3 rings (SSSR count). The maximum Gasteiger partial charge on any atom is 0.261 e. The molecule has 0 aliphatic carbocycles. The van der Waals surface area contributed by atoms with Crippen molar-refractivity contribution in [2.24, 2.45) is 0 Å². The highest BCUT2D eigenvalue weighted by atomic mass is 79.9. The number of nitrogens with one attached hydrogen (secondary N) is 1. The van der Waals surface area contributed by atoms with Crippen molar-refractivity contribution in [1.82, 2.24) is 10.2 Å². The van der Waals surface area contributed by atoms with Gasteiger partial charge in [0.15, 0.2) is 6.61 Å². The Hall–Kier alpha value is -2.54. The molecule has 2 amide bonds. The molecule has 8 heteroatoms. The van der Waals surface area contributed by atoms with Gasteiger partial charge < -0.3 is 15.0 Å². The van der Waals surface area contributed by atoms with Crippen molar-refractivity contribution in [3.63, 3.8) is 0 Å². The summed E-state index contributed by atoms with van der Waals surface area (Å²) < 4.78 is 6.44. The molecule has 0 spiro atoms. The van der Waals surface area contributed by atoms with Crippen LogP contribution in [0.15, 0.2) is 77.3 Å². The minimum Gasteiger partial charge on any atom is -0.483 e. The SMILES string of the molecule is CCCNC(=O)[C@@H](Cc1ccccc1)N(Cc1ccccc1Cl)C(=O)COc1ccc(Cl)cc1Br. The van der Waals surface area contributed by atoms with Gasteiger partial charge in [0.2, 0.25) is 5.91 Å². The third-order valence-corrected chi connectivity index (χ3v) is 6.59. The zero-order chi connectivity index (χ0) is 25.2. The van der Waals surface area contributed by atoms with E-state index in [9.17, 15) is 9.59 Å². The second kappa shape index (κ2) is 13.5. The number of ether oxygens (including phenoxy) is 1. The van der Waals surface area contributed by atoms with Gasteiger partial charge in [-0.1, -0.05) is 78.7 Å². The highest BCUT2D eigenvalue weighted by molar-refractivity contribution is 9.10. The molecule has 0 unspecified atom stereocenters. The van der Waals surface area contributed by atoms with Gasteiger partial charge in [-0.25, -0.2) is 0 Å². The summed E-state index contributed by atoms with van der Waals surface area (Å²) in [5.74, 6) is -0.0707. The van der Waals surface area contributed by atoms with E-state index in [0.717, 1.165) is 17.5 Å². The fourth-order valence-corrected chi connectivity index (χ4v) is 4.54. The number of halogens is 3. The third kappa shape index (κ3) is 7.99. The molecular formula is C27H27BrCl2N2O3. The van der Waals surface area contributed by atoms with Crippen molar-refractivity contribution in [2.45, 2.75) is 32.4 Å². The normalized spacial score (nSPS) is 11.5. The molecule has 1 N–H and O–H groups in total. The first kappa shape index (κ1) is 27.1. The fourth-order valence-electron chi connectivity index (χ4n) is 3.54. The van der Waals surface area contributed by atoms with Gasteiger partial charge in [0.1, 0.15) is 11.8 Å². The average Bonchev–Trinajstić information content (AvgIpc) is 2.85. The van der Waals surface area contributed by atoms with Crippen LogP contribution in [0.25, 0.3) is 0 Å². The number of carbonyl (C=O) groups excluding carboxylic acids is 2. The zero-order valence-electron chi connectivity index (χ0n) is 19.3. The fraction of sp³-hybridized carbons (Fsp3) is 0.259. The maximum absolute atomic E-state index is 13.6. The van der Waals surface area contributed by atoms with Crippen LogP contribution in [0.4, 0.5) is 0 Å². The molecule has 35 heavy (non-hydrogen) atoms. The quantitative estimate of drug-likeness (QED) is 0.291. The summed E-state index contributed by atoms with van der Waals surface area (Å²) in [6, 6.07) is 21.3. The molecule has 0 aromatic heterocycles. The zero-order valence-corrected chi connectivity index (χ0v) is 22.4. The lowest BCUT2D eigenvalue weighted by Crippen LogP contribution is -2.51. The lowest BCUT2D eigenvalue weighted by Gasteiger charge is -2.31. The highest BCUT2D eigenvalue weighted by Gasteiger charge is 2.31. The number of carbonyl (C=O) groups is 2. The summed E-state index contributed by atoms with van der Waals surface area (Å²) in [6.45, 7) is 2.42. The highest BCUT2D eigenvalue weighted by Crippen LogP contribution is 2.28. The largest absolute Gasteiger partial charge is 0.483 e. The molecule has 184 valence electrons. The maximum atomic E-state index is 13.6. The molecule has 0 heterocycles. The van der Waals surface area contributed by atoms with E-state index in [4.69, 9.17) is 27.9 Å². The van der Waals surface area contributed by atoms with Crippen LogP contribution < -0.4 is 10.1 Å². The predicted octanol–water partition coefficient (Wildman–Crippen LogP) is 6.30. The topological polar surface area (TPSA) is 58.6 Å². The van der Waals surface area contributed by atoms with E-state index < -0.39 is 6.04 Å². The number of hydrogen-bond acceptors (Lipinski definition) is 3. The van der Waals surface area contributed by atoms with E-state index in [-0.39, 0.29) is 25.0 Å². The van der Waals surface area contributed by atoms with Crippen LogP contribution in [0.5, 0.6) is 5.75 Å². The molecule has 5 nitrogen and oxygen atoms in total. The summed E-state index contributed by atoms with van der Waals surface area (Å²) >= 11 is 15.8. The minimum atomic E-state index is -0.745. The number of benzene rings is 3. The van der Waals surface area contributed by atoms with Gasteiger partial charge in [0.05, 0.1) is 4.47 Å². The van der Waals surface area contributed by atoms with Crippen molar-refractivity contribution in [3.05, 3.63) is 98.4 Å². The summed E-state index contributed by atoms with van der Waals surface area (Å²) in [6.07, 6.45) is 1.15. The first-order valence-corrected chi connectivity index (χ1v) is 12.9. The molecule has 0 fully saturated rings. The van der Waals surface area contributed by atoms with E-state index in [1.807, 2.05) is 55.5 Å². The second-order valence-corrected chi connectivity index (χ2v) is 9.67. The number of amides is 2. The van der Waals surface area contributed by atoms with E-state index in [0.29, 0.717) is 33.2 Å². The minimum absolute atomic E-state index is 0.167. The van der Waals surface area contributed by atoms with Crippen LogP contribution >= 0.6 is 39.1 Å². The molecule has 0 saturated carbocycles. The Morgan fingerprint density at radius 1 is 1.03 bits per heavy atom. The standard InChI is InChI=1S/C27H27BrCl2N2O3/c1-2-14-31-27(34)24(15-19-8-4-3-5-9-19)32(17-20-10-6-7-11-23(20)30)26(33)18-35-25-13-12-21(29)16-22(25)28/h3-13,16,24H,2,14-15,17-18H2,1H3,(H,31,34)/t24-/m1/s1.